The van der Waals surface area contributed by atoms with Gasteiger partial charge in [0, 0.05) is 24.9 Å². The van der Waals surface area contributed by atoms with Crippen LogP contribution < -0.4 is 0 Å². The van der Waals surface area contributed by atoms with Crippen molar-refractivity contribution in [2.45, 2.75) is 70.2 Å². The normalized spacial score (nSPS) is 22.9. The van der Waals surface area contributed by atoms with Gasteiger partial charge in [-0.2, -0.15) is 18.3 Å². The van der Waals surface area contributed by atoms with Gasteiger partial charge in [0.25, 0.3) is 0 Å². The number of aromatic nitrogens is 3. The van der Waals surface area contributed by atoms with Gasteiger partial charge in [-0.15, -0.1) is 0 Å². The molecule has 0 aromatic carbocycles. The molecule has 0 saturated carbocycles. The second kappa shape index (κ2) is 7.59. The standard InChI is InChI=1S/C20H25F3N4O2/c1-12(2)14-10-17(20(21,22)23)27-18(24-14)11-15(25-27)16-6-3-7-26(16)19(28)9-13-5-4-8-29-13/h10-13,16H,3-9H2,1-2H3/t13-,16-/m0/s1. The first kappa shape index (κ1) is 20.1. The van der Waals surface area contributed by atoms with Gasteiger partial charge in [-0.05, 0) is 37.7 Å². The predicted molar refractivity (Wildman–Crippen MR) is 99.4 cm³/mol. The van der Waals surface area contributed by atoms with E-state index in [1.54, 1.807) is 24.8 Å². The minimum Gasteiger partial charge on any atom is -0.378 e. The van der Waals surface area contributed by atoms with Crippen molar-refractivity contribution in [2.24, 2.45) is 0 Å². The fourth-order valence-electron chi connectivity index (χ4n) is 4.16. The summed E-state index contributed by atoms with van der Waals surface area (Å²) in [5.41, 5.74) is 0.153. The van der Waals surface area contributed by atoms with Crippen molar-refractivity contribution in [3.05, 3.63) is 29.2 Å². The molecular formula is C20H25F3N4O2. The number of ether oxygens (including phenoxy) is 1. The number of carbonyl (C=O) groups is 1. The third-order valence-corrected chi connectivity index (χ3v) is 5.69. The number of carbonyl (C=O) groups excluding carboxylic acids is 1. The third kappa shape index (κ3) is 3.97. The van der Waals surface area contributed by atoms with Crippen LogP contribution in [-0.4, -0.2) is 44.7 Å². The van der Waals surface area contributed by atoms with E-state index >= 15 is 0 Å². The molecule has 2 atom stereocenters. The van der Waals surface area contributed by atoms with Gasteiger partial charge in [0.1, 0.15) is 5.69 Å². The Morgan fingerprint density at radius 3 is 2.72 bits per heavy atom. The topological polar surface area (TPSA) is 59.7 Å². The molecule has 2 aromatic rings. The van der Waals surface area contributed by atoms with Crippen LogP contribution >= 0.6 is 0 Å². The van der Waals surface area contributed by atoms with Gasteiger partial charge < -0.3 is 9.64 Å². The number of amides is 1. The van der Waals surface area contributed by atoms with E-state index < -0.39 is 11.9 Å². The van der Waals surface area contributed by atoms with Crippen molar-refractivity contribution in [1.29, 1.82) is 0 Å². The summed E-state index contributed by atoms with van der Waals surface area (Å²) in [6.45, 7) is 4.87. The first-order valence-electron chi connectivity index (χ1n) is 10.1. The zero-order valence-corrected chi connectivity index (χ0v) is 16.6. The van der Waals surface area contributed by atoms with Crippen molar-refractivity contribution in [3.63, 3.8) is 0 Å². The number of fused-ring (bicyclic) bond motifs is 1. The van der Waals surface area contributed by atoms with E-state index in [2.05, 4.69) is 10.1 Å². The molecule has 0 radical (unpaired) electrons. The summed E-state index contributed by atoms with van der Waals surface area (Å²) in [4.78, 5) is 18.9. The van der Waals surface area contributed by atoms with E-state index in [4.69, 9.17) is 4.74 Å². The van der Waals surface area contributed by atoms with Crippen LogP contribution in [0.15, 0.2) is 12.1 Å². The smallest absolute Gasteiger partial charge is 0.378 e. The average molecular weight is 410 g/mol. The maximum Gasteiger partial charge on any atom is 0.433 e. The van der Waals surface area contributed by atoms with E-state index in [1.165, 1.54) is 0 Å². The molecule has 158 valence electrons. The number of halogens is 3. The molecule has 2 aliphatic heterocycles. The number of alkyl halides is 3. The van der Waals surface area contributed by atoms with Crippen LogP contribution in [0.3, 0.4) is 0 Å². The molecule has 2 aliphatic rings. The van der Waals surface area contributed by atoms with E-state index in [9.17, 15) is 18.0 Å². The SMILES string of the molecule is CC(C)c1cc(C(F)(F)F)n2nc([C@@H]3CCCN3C(=O)C[C@@H]3CCCO3)cc2n1. The minimum atomic E-state index is -4.54. The first-order valence-corrected chi connectivity index (χ1v) is 10.1. The second-order valence-corrected chi connectivity index (χ2v) is 8.14. The van der Waals surface area contributed by atoms with Crippen molar-refractivity contribution >= 4 is 11.6 Å². The van der Waals surface area contributed by atoms with Crippen LogP contribution in [0.1, 0.15) is 75.0 Å². The van der Waals surface area contributed by atoms with E-state index in [1.807, 2.05) is 0 Å². The molecule has 2 fully saturated rings. The molecule has 4 heterocycles. The van der Waals surface area contributed by atoms with E-state index in [0.29, 0.717) is 37.4 Å². The Morgan fingerprint density at radius 2 is 2.07 bits per heavy atom. The van der Waals surface area contributed by atoms with Gasteiger partial charge in [-0.3, -0.25) is 4.79 Å². The number of nitrogens with zero attached hydrogens (tertiary/aromatic N) is 4. The lowest BCUT2D eigenvalue weighted by molar-refractivity contribution is -0.143. The van der Waals surface area contributed by atoms with Gasteiger partial charge in [-0.1, -0.05) is 13.8 Å². The average Bonchev–Trinajstić information content (AvgIpc) is 3.38. The largest absolute Gasteiger partial charge is 0.433 e. The van der Waals surface area contributed by atoms with Gasteiger partial charge in [-0.25, -0.2) is 9.50 Å². The van der Waals surface area contributed by atoms with Crippen molar-refractivity contribution in [3.8, 4) is 0 Å². The Balaban J connectivity index is 1.67. The van der Waals surface area contributed by atoms with Crippen molar-refractivity contribution in [1.82, 2.24) is 19.5 Å². The lowest BCUT2D eigenvalue weighted by Crippen LogP contribution is -2.33. The molecule has 4 rings (SSSR count). The summed E-state index contributed by atoms with van der Waals surface area (Å²) < 4.78 is 47.3. The summed E-state index contributed by atoms with van der Waals surface area (Å²) >= 11 is 0. The highest BCUT2D eigenvalue weighted by molar-refractivity contribution is 5.77. The molecule has 2 saturated heterocycles. The molecule has 0 N–H and O–H groups in total. The highest BCUT2D eigenvalue weighted by Gasteiger charge is 2.37. The summed E-state index contributed by atoms with van der Waals surface area (Å²) in [5, 5.41) is 4.24. The highest BCUT2D eigenvalue weighted by Crippen LogP contribution is 2.35. The maximum absolute atomic E-state index is 13.6. The van der Waals surface area contributed by atoms with Crippen LogP contribution in [0.2, 0.25) is 0 Å². The first-order chi connectivity index (χ1) is 13.7. The molecule has 29 heavy (non-hydrogen) atoms. The molecule has 1 amide bonds. The van der Waals surface area contributed by atoms with Crippen LogP contribution in [0, 0.1) is 0 Å². The molecule has 0 bridgehead atoms. The van der Waals surface area contributed by atoms with Gasteiger partial charge in [0.2, 0.25) is 5.91 Å². The van der Waals surface area contributed by atoms with E-state index in [-0.39, 0.29) is 29.6 Å². The van der Waals surface area contributed by atoms with Crippen LogP contribution in [0.25, 0.3) is 5.65 Å². The van der Waals surface area contributed by atoms with Gasteiger partial charge in [0.05, 0.1) is 24.3 Å². The zero-order chi connectivity index (χ0) is 20.8. The van der Waals surface area contributed by atoms with Crippen molar-refractivity contribution in [2.75, 3.05) is 13.2 Å². The van der Waals surface area contributed by atoms with Crippen LogP contribution in [0.4, 0.5) is 13.2 Å². The summed E-state index contributed by atoms with van der Waals surface area (Å²) in [6.07, 6.45) is -0.983. The predicted octanol–water partition coefficient (Wildman–Crippen LogP) is 4.10. The molecule has 0 aliphatic carbocycles. The number of rotatable bonds is 4. The molecule has 9 heteroatoms. The Morgan fingerprint density at radius 1 is 1.28 bits per heavy atom. The highest BCUT2D eigenvalue weighted by atomic mass is 19.4. The van der Waals surface area contributed by atoms with Crippen molar-refractivity contribution < 1.29 is 22.7 Å². The Labute approximate surface area is 167 Å². The minimum absolute atomic E-state index is 0.0247. The molecule has 2 aromatic heterocycles. The zero-order valence-electron chi connectivity index (χ0n) is 16.6. The fourth-order valence-corrected chi connectivity index (χ4v) is 4.16. The lowest BCUT2D eigenvalue weighted by Gasteiger charge is -2.24. The number of hydrogen-bond acceptors (Lipinski definition) is 4. The Bertz CT molecular complexity index is 903. The molecule has 6 nitrogen and oxygen atoms in total. The van der Waals surface area contributed by atoms with Crippen LogP contribution in [0.5, 0.6) is 0 Å². The number of likely N-dealkylation sites (tertiary alicyclic amines) is 1. The van der Waals surface area contributed by atoms with Gasteiger partial charge in [0.15, 0.2) is 5.65 Å². The molecule has 0 spiro atoms. The monoisotopic (exact) mass is 410 g/mol. The quantitative estimate of drug-likeness (QED) is 0.761. The fraction of sp³-hybridized carbons (Fsp3) is 0.650. The Hall–Kier alpha value is -2.16. The second-order valence-electron chi connectivity index (χ2n) is 8.14. The summed E-state index contributed by atoms with van der Waals surface area (Å²) in [5.74, 6) is -0.168. The van der Waals surface area contributed by atoms with E-state index in [0.717, 1.165) is 29.8 Å². The third-order valence-electron chi connectivity index (χ3n) is 5.69. The lowest BCUT2D eigenvalue weighted by atomic mass is 10.1. The van der Waals surface area contributed by atoms with Gasteiger partial charge >= 0.3 is 6.18 Å². The van der Waals surface area contributed by atoms with Crippen LogP contribution in [-0.2, 0) is 15.7 Å². The number of hydrogen-bond donors (Lipinski definition) is 0. The Kier molecular flexibility index (Phi) is 5.27. The summed E-state index contributed by atoms with van der Waals surface area (Å²) in [6, 6.07) is 2.32. The molecular weight excluding hydrogens is 385 g/mol. The summed E-state index contributed by atoms with van der Waals surface area (Å²) in [7, 11) is 0. The molecule has 0 unspecified atom stereocenters. The maximum atomic E-state index is 13.6.